The van der Waals surface area contributed by atoms with Gasteiger partial charge in [-0.05, 0) is 5.92 Å². The molecule has 2 aliphatic rings. The number of piperidine rings is 1. The molecule has 2 rings (SSSR count). The molecule has 2 nitrogen and oxygen atoms in total. The second kappa shape index (κ2) is 1.88. The molecule has 0 bridgehead atoms. The summed E-state index contributed by atoms with van der Waals surface area (Å²) in [4.78, 5) is 10.9. The molecular formula is C7H10ClNO. The van der Waals surface area contributed by atoms with E-state index in [9.17, 15) is 4.79 Å². The summed E-state index contributed by atoms with van der Waals surface area (Å²) in [5, 5.41) is 3.07. The number of carbonyl (C=O) groups excluding carboxylic acids is 1. The van der Waals surface area contributed by atoms with Gasteiger partial charge in [-0.2, -0.15) is 0 Å². The third-order valence-electron chi connectivity index (χ3n) is 2.48. The summed E-state index contributed by atoms with van der Waals surface area (Å²) >= 11 is 5.90. The molecule has 10 heavy (non-hydrogen) atoms. The molecule has 0 spiro atoms. The maximum absolute atomic E-state index is 10.9. The van der Waals surface area contributed by atoms with Crippen LogP contribution in [0.25, 0.3) is 0 Å². The van der Waals surface area contributed by atoms with Crippen LogP contribution in [0.1, 0.15) is 13.3 Å². The van der Waals surface area contributed by atoms with Gasteiger partial charge >= 0.3 is 0 Å². The molecule has 0 aromatic carbocycles. The van der Waals surface area contributed by atoms with Crippen molar-refractivity contribution < 1.29 is 4.79 Å². The highest BCUT2D eigenvalue weighted by atomic mass is 35.5. The van der Waals surface area contributed by atoms with Crippen molar-refractivity contribution in [1.82, 2.24) is 5.32 Å². The van der Waals surface area contributed by atoms with Crippen molar-refractivity contribution in [1.29, 1.82) is 0 Å². The molecular weight excluding hydrogens is 150 g/mol. The summed E-state index contributed by atoms with van der Waals surface area (Å²) in [7, 11) is 0. The summed E-state index contributed by atoms with van der Waals surface area (Å²) in [5.41, 5.74) is 0. The molecule has 1 saturated carbocycles. The van der Waals surface area contributed by atoms with Crippen molar-refractivity contribution in [2.24, 2.45) is 11.8 Å². The first-order valence-corrected chi connectivity index (χ1v) is 4.07. The zero-order chi connectivity index (χ0) is 7.30. The average Bonchev–Trinajstić information content (AvgIpc) is 2.42. The Bertz CT molecular complexity index is 172. The van der Waals surface area contributed by atoms with Gasteiger partial charge in [0.25, 0.3) is 0 Å². The first-order valence-electron chi connectivity index (χ1n) is 3.63. The van der Waals surface area contributed by atoms with E-state index in [4.69, 9.17) is 11.6 Å². The number of hydrogen-bond donors (Lipinski definition) is 1. The monoisotopic (exact) mass is 159 g/mol. The highest BCUT2D eigenvalue weighted by molar-refractivity contribution is 6.24. The Kier molecular flexibility index (Phi) is 1.21. The lowest BCUT2D eigenvalue weighted by atomic mass is 9.99. The van der Waals surface area contributed by atoms with Crippen LogP contribution >= 0.6 is 11.6 Å². The molecule has 1 N–H and O–H groups in total. The zero-order valence-corrected chi connectivity index (χ0v) is 6.56. The number of amides is 1. The molecule has 1 aliphatic carbocycles. The summed E-state index contributed by atoms with van der Waals surface area (Å²) in [6.07, 6.45) is 0.657. The predicted octanol–water partition coefficient (Wildman–Crippen LogP) is 0.748. The Labute approximate surface area is 64.9 Å². The molecule has 0 radical (unpaired) electrons. The maximum atomic E-state index is 10.9. The number of carbonyl (C=O) groups is 1. The van der Waals surface area contributed by atoms with E-state index in [0.29, 0.717) is 18.3 Å². The van der Waals surface area contributed by atoms with Gasteiger partial charge in [-0.1, -0.05) is 6.92 Å². The number of rotatable bonds is 0. The summed E-state index contributed by atoms with van der Waals surface area (Å²) in [6.45, 7) is 2.10. The minimum Gasteiger partial charge on any atom is -0.352 e. The molecule has 1 heterocycles. The van der Waals surface area contributed by atoms with E-state index in [0.717, 1.165) is 0 Å². The van der Waals surface area contributed by atoms with Crippen LogP contribution in [0.4, 0.5) is 0 Å². The zero-order valence-electron chi connectivity index (χ0n) is 5.80. The summed E-state index contributed by atoms with van der Waals surface area (Å²) in [5.74, 6) is 1.21. The number of hydrogen-bond acceptors (Lipinski definition) is 1. The first kappa shape index (κ1) is 6.47. The maximum Gasteiger partial charge on any atom is 0.220 e. The molecule has 2 fully saturated rings. The lowest BCUT2D eigenvalue weighted by Crippen LogP contribution is -2.34. The molecule has 0 aromatic heterocycles. The number of nitrogens with one attached hydrogen (secondary N) is 1. The Morgan fingerprint density at radius 3 is 3.00 bits per heavy atom. The van der Waals surface area contributed by atoms with Crippen LogP contribution in [-0.4, -0.2) is 17.3 Å². The lowest BCUT2D eigenvalue weighted by Gasteiger charge is -2.15. The van der Waals surface area contributed by atoms with Gasteiger partial charge in [0.05, 0.1) is 11.4 Å². The molecule has 0 aromatic rings. The third-order valence-corrected chi connectivity index (χ3v) is 3.04. The van der Waals surface area contributed by atoms with Crippen LogP contribution in [0, 0.1) is 11.8 Å². The number of halogens is 1. The molecule has 1 aliphatic heterocycles. The summed E-state index contributed by atoms with van der Waals surface area (Å²) in [6, 6.07) is 0.290. The van der Waals surface area contributed by atoms with Crippen LogP contribution in [0.2, 0.25) is 0 Å². The van der Waals surface area contributed by atoms with Crippen molar-refractivity contribution >= 4 is 17.5 Å². The van der Waals surface area contributed by atoms with Crippen LogP contribution in [0.5, 0.6) is 0 Å². The van der Waals surface area contributed by atoms with Crippen molar-refractivity contribution in [2.75, 3.05) is 0 Å². The van der Waals surface area contributed by atoms with E-state index < -0.39 is 0 Å². The van der Waals surface area contributed by atoms with E-state index in [-0.39, 0.29) is 17.3 Å². The third kappa shape index (κ3) is 0.749. The van der Waals surface area contributed by atoms with Gasteiger partial charge in [-0.15, -0.1) is 11.6 Å². The second-order valence-electron chi connectivity index (χ2n) is 3.30. The molecule has 1 amide bonds. The Hall–Kier alpha value is -0.240. The average molecular weight is 160 g/mol. The Morgan fingerprint density at radius 2 is 2.40 bits per heavy atom. The van der Waals surface area contributed by atoms with Crippen molar-refractivity contribution in [2.45, 2.75) is 24.8 Å². The quantitative estimate of drug-likeness (QED) is 0.520. The fourth-order valence-corrected chi connectivity index (χ4v) is 2.36. The van der Waals surface area contributed by atoms with Crippen LogP contribution in [0.15, 0.2) is 0 Å². The van der Waals surface area contributed by atoms with Gasteiger partial charge in [-0.3, -0.25) is 4.79 Å². The highest BCUT2D eigenvalue weighted by Crippen LogP contribution is 2.46. The fraction of sp³-hybridized carbons (Fsp3) is 0.857. The van der Waals surface area contributed by atoms with Crippen LogP contribution in [0.3, 0.4) is 0 Å². The van der Waals surface area contributed by atoms with Gasteiger partial charge in [0, 0.05) is 12.3 Å². The standard InChI is InChI=1S/C7H10ClNO/c1-3-2-4(10)9-7-5(3)6(7)8/h3,5-7H,2H2,1H3,(H,9,10)/t3?,5-,6?,7+/m1/s1. The van der Waals surface area contributed by atoms with E-state index in [1.807, 2.05) is 0 Å². The number of fused-ring (bicyclic) bond motifs is 1. The van der Waals surface area contributed by atoms with Gasteiger partial charge in [0.1, 0.15) is 0 Å². The van der Waals surface area contributed by atoms with E-state index in [1.54, 1.807) is 0 Å². The van der Waals surface area contributed by atoms with Gasteiger partial charge < -0.3 is 5.32 Å². The summed E-state index contributed by atoms with van der Waals surface area (Å²) < 4.78 is 0. The Morgan fingerprint density at radius 1 is 1.70 bits per heavy atom. The topological polar surface area (TPSA) is 29.1 Å². The highest BCUT2D eigenvalue weighted by Gasteiger charge is 2.55. The van der Waals surface area contributed by atoms with Gasteiger partial charge in [-0.25, -0.2) is 0 Å². The largest absolute Gasteiger partial charge is 0.352 e. The molecule has 56 valence electrons. The molecule has 1 saturated heterocycles. The minimum atomic E-state index is 0.164. The smallest absolute Gasteiger partial charge is 0.220 e. The minimum absolute atomic E-state index is 0.164. The van der Waals surface area contributed by atoms with Crippen LogP contribution in [-0.2, 0) is 4.79 Å². The van der Waals surface area contributed by atoms with E-state index in [2.05, 4.69) is 12.2 Å². The SMILES string of the molecule is CC1CC(=O)N[C@@H]2C(Cl)[C@@H]12. The van der Waals surface area contributed by atoms with E-state index in [1.165, 1.54) is 0 Å². The second-order valence-corrected chi connectivity index (χ2v) is 3.80. The molecule has 3 heteroatoms. The first-order chi connectivity index (χ1) is 4.70. The van der Waals surface area contributed by atoms with Crippen molar-refractivity contribution in [3.8, 4) is 0 Å². The normalized spacial score (nSPS) is 51.6. The lowest BCUT2D eigenvalue weighted by molar-refractivity contribution is -0.123. The van der Waals surface area contributed by atoms with Gasteiger partial charge in [0.2, 0.25) is 5.91 Å². The van der Waals surface area contributed by atoms with E-state index >= 15 is 0 Å². The Balaban J connectivity index is 2.09. The fourth-order valence-electron chi connectivity index (χ4n) is 1.81. The predicted molar refractivity (Wildman–Crippen MR) is 38.8 cm³/mol. The molecule has 4 atom stereocenters. The number of alkyl halides is 1. The van der Waals surface area contributed by atoms with Crippen molar-refractivity contribution in [3.05, 3.63) is 0 Å². The van der Waals surface area contributed by atoms with Crippen LogP contribution < -0.4 is 5.32 Å². The van der Waals surface area contributed by atoms with Crippen molar-refractivity contribution in [3.63, 3.8) is 0 Å². The van der Waals surface area contributed by atoms with Gasteiger partial charge in [0.15, 0.2) is 0 Å². The molecule has 2 unspecified atom stereocenters.